The van der Waals surface area contributed by atoms with Crippen molar-refractivity contribution in [3.63, 3.8) is 0 Å². The molecule has 0 radical (unpaired) electrons. The first-order valence-corrected chi connectivity index (χ1v) is 10.0. The molecule has 2 aromatic carbocycles. The SMILES string of the molecule is O=C(Cn1ncc(=O)c2ccccc21)N(CC1CCCO1)c1ccc(Br)cc1. The molecule has 0 aliphatic carbocycles. The smallest absolute Gasteiger partial charge is 0.248 e. The highest BCUT2D eigenvalue weighted by atomic mass is 79.9. The Hall–Kier alpha value is -2.51. The third-order valence-electron chi connectivity index (χ3n) is 4.90. The molecule has 1 unspecified atom stereocenters. The summed E-state index contributed by atoms with van der Waals surface area (Å²) in [6.45, 7) is 1.28. The summed E-state index contributed by atoms with van der Waals surface area (Å²) in [4.78, 5) is 27.0. The lowest BCUT2D eigenvalue weighted by molar-refractivity contribution is -0.119. The Labute approximate surface area is 170 Å². The fourth-order valence-electron chi connectivity index (χ4n) is 3.46. The van der Waals surface area contributed by atoms with Crippen LogP contribution in [0.1, 0.15) is 12.8 Å². The minimum absolute atomic E-state index is 0.0336. The number of anilines is 1. The molecule has 4 rings (SSSR count). The van der Waals surface area contributed by atoms with E-state index in [9.17, 15) is 9.59 Å². The minimum Gasteiger partial charge on any atom is -0.376 e. The zero-order valence-corrected chi connectivity index (χ0v) is 16.8. The summed E-state index contributed by atoms with van der Waals surface area (Å²) in [5.41, 5.74) is 1.31. The second-order valence-corrected chi connectivity index (χ2v) is 7.72. The number of carbonyl (C=O) groups is 1. The van der Waals surface area contributed by atoms with Gasteiger partial charge in [0.05, 0.1) is 24.4 Å². The lowest BCUT2D eigenvalue weighted by Crippen LogP contribution is -2.40. The van der Waals surface area contributed by atoms with Gasteiger partial charge < -0.3 is 9.64 Å². The maximum Gasteiger partial charge on any atom is 0.248 e. The number of nitrogens with zero attached hydrogens (tertiary/aromatic N) is 3. The number of benzene rings is 2. The van der Waals surface area contributed by atoms with E-state index in [2.05, 4.69) is 21.0 Å². The van der Waals surface area contributed by atoms with E-state index in [4.69, 9.17) is 4.74 Å². The van der Waals surface area contributed by atoms with Crippen LogP contribution in [-0.4, -0.2) is 34.9 Å². The Bertz CT molecular complexity index is 1040. The predicted octanol–water partition coefficient (Wildman–Crippen LogP) is 3.37. The Balaban J connectivity index is 1.64. The number of hydrogen-bond donors (Lipinski definition) is 0. The van der Waals surface area contributed by atoms with Crippen LogP contribution in [0.25, 0.3) is 10.9 Å². The van der Waals surface area contributed by atoms with Gasteiger partial charge in [-0.05, 0) is 49.2 Å². The highest BCUT2D eigenvalue weighted by molar-refractivity contribution is 9.10. The van der Waals surface area contributed by atoms with E-state index in [1.54, 1.807) is 21.7 Å². The molecule has 0 spiro atoms. The number of para-hydroxylation sites is 1. The Morgan fingerprint density at radius 1 is 1.21 bits per heavy atom. The molecule has 1 aliphatic heterocycles. The van der Waals surface area contributed by atoms with Gasteiger partial charge in [0.2, 0.25) is 11.3 Å². The number of hydrogen-bond acceptors (Lipinski definition) is 4. The molecule has 28 heavy (non-hydrogen) atoms. The molecule has 1 aromatic heterocycles. The number of fused-ring (bicyclic) bond motifs is 1. The van der Waals surface area contributed by atoms with Crippen molar-refractivity contribution in [2.75, 3.05) is 18.1 Å². The van der Waals surface area contributed by atoms with Crippen molar-refractivity contribution in [3.05, 3.63) is 69.4 Å². The highest BCUT2D eigenvalue weighted by Gasteiger charge is 2.24. The number of aromatic nitrogens is 2. The molecular formula is C21H20BrN3O3. The first-order chi connectivity index (χ1) is 13.6. The van der Waals surface area contributed by atoms with Crippen LogP contribution < -0.4 is 10.3 Å². The lowest BCUT2D eigenvalue weighted by atomic mass is 10.2. The largest absolute Gasteiger partial charge is 0.376 e. The first kappa shape index (κ1) is 18.8. The van der Waals surface area contributed by atoms with Gasteiger partial charge in [-0.25, -0.2) is 0 Å². The summed E-state index contributed by atoms with van der Waals surface area (Å²) in [6.07, 6.45) is 3.25. The van der Waals surface area contributed by atoms with E-state index in [0.29, 0.717) is 17.4 Å². The zero-order chi connectivity index (χ0) is 19.5. The van der Waals surface area contributed by atoms with Crippen LogP contribution in [0.5, 0.6) is 0 Å². The Morgan fingerprint density at radius 3 is 2.75 bits per heavy atom. The molecule has 0 saturated carbocycles. The van der Waals surface area contributed by atoms with E-state index in [1.165, 1.54) is 6.20 Å². The van der Waals surface area contributed by atoms with Crippen LogP contribution >= 0.6 is 15.9 Å². The summed E-state index contributed by atoms with van der Waals surface area (Å²) in [6, 6.07) is 14.9. The lowest BCUT2D eigenvalue weighted by Gasteiger charge is -2.26. The maximum absolute atomic E-state index is 13.2. The molecule has 0 bridgehead atoms. The van der Waals surface area contributed by atoms with E-state index in [1.807, 2.05) is 36.4 Å². The van der Waals surface area contributed by atoms with Crippen LogP contribution in [0.4, 0.5) is 5.69 Å². The number of ether oxygens (including phenoxy) is 1. The molecule has 1 fully saturated rings. The molecule has 0 N–H and O–H groups in total. The van der Waals surface area contributed by atoms with E-state index in [0.717, 1.165) is 29.6 Å². The quantitative estimate of drug-likeness (QED) is 0.608. The molecular weight excluding hydrogens is 422 g/mol. The van der Waals surface area contributed by atoms with Gasteiger partial charge in [-0.15, -0.1) is 0 Å². The fraction of sp³-hybridized carbons (Fsp3) is 0.286. The molecule has 1 aliphatic rings. The van der Waals surface area contributed by atoms with Gasteiger partial charge in [0, 0.05) is 22.2 Å². The van der Waals surface area contributed by atoms with Crippen molar-refractivity contribution in [2.45, 2.75) is 25.5 Å². The second kappa shape index (κ2) is 8.24. The van der Waals surface area contributed by atoms with E-state index < -0.39 is 0 Å². The standard InChI is InChI=1S/C21H20BrN3O3/c22-15-7-9-16(10-8-15)24(13-17-4-3-11-28-17)21(27)14-25-19-6-2-1-5-18(19)20(26)12-23-25/h1-2,5-10,12,17H,3-4,11,13-14H2. The van der Waals surface area contributed by atoms with Crippen LogP contribution in [-0.2, 0) is 16.1 Å². The van der Waals surface area contributed by atoms with Gasteiger partial charge in [-0.2, -0.15) is 5.10 Å². The maximum atomic E-state index is 13.2. The molecule has 3 aromatic rings. The zero-order valence-electron chi connectivity index (χ0n) is 15.3. The van der Waals surface area contributed by atoms with Gasteiger partial charge in [0.15, 0.2) is 0 Å². The number of rotatable bonds is 5. The van der Waals surface area contributed by atoms with Crippen molar-refractivity contribution in [1.82, 2.24) is 9.78 Å². The predicted molar refractivity (Wildman–Crippen MR) is 111 cm³/mol. The van der Waals surface area contributed by atoms with Crippen molar-refractivity contribution in [3.8, 4) is 0 Å². The Morgan fingerprint density at radius 2 is 2.00 bits per heavy atom. The summed E-state index contributed by atoms with van der Waals surface area (Å²) >= 11 is 3.44. The first-order valence-electron chi connectivity index (χ1n) is 9.24. The molecule has 1 saturated heterocycles. The number of carbonyl (C=O) groups excluding carboxylic acids is 1. The van der Waals surface area contributed by atoms with Crippen molar-refractivity contribution in [1.29, 1.82) is 0 Å². The van der Waals surface area contributed by atoms with Crippen molar-refractivity contribution in [2.24, 2.45) is 0 Å². The van der Waals surface area contributed by atoms with Gasteiger partial charge in [0.25, 0.3) is 0 Å². The van der Waals surface area contributed by atoms with Crippen LogP contribution in [0.2, 0.25) is 0 Å². The monoisotopic (exact) mass is 441 g/mol. The third kappa shape index (κ3) is 4.00. The van der Waals surface area contributed by atoms with E-state index >= 15 is 0 Å². The van der Waals surface area contributed by atoms with Crippen LogP contribution in [0.15, 0.2) is 64.0 Å². The topological polar surface area (TPSA) is 64.4 Å². The van der Waals surface area contributed by atoms with Crippen LogP contribution in [0.3, 0.4) is 0 Å². The van der Waals surface area contributed by atoms with Crippen molar-refractivity contribution < 1.29 is 9.53 Å². The summed E-state index contributed by atoms with van der Waals surface area (Å²) in [7, 11) is 0. The van der Waals surface area contributed by atoms with Gasteiger partial charge in [-0.3, -0.25) is 14.3 Å². The van der Waals surface area contributed by atoms with Crippen molar-refractivity contribution >= 4 is 38.4 Å². The number of amides is 1. The fourth-order valence-corrected chi connectivity index (χ4v) is 3.73. The normalized spacial score (nSPS) is 16.4. The minimum atomic E-state index is -0.150. The number of halogens is 1. The molecule has 7 heteroatoms. The molecule has 144 valence electrons. The average Bonchev–Trinajstić information content (AvgIpc) is 3.22. The second-order valence-electron chi connectivity index (χ2n) is 6.80. The summed E-state index contributed by atoms with van der Waals surface area (Å²) in [5.74, 6) is -0.0980. The highest BCUT2D eigenvalue weighted by Crippen LogP contribution is 2.22. The van der Waals surface area contributed by atoms with Gasteiger partial charge >= 0.3 is 0 Å². The molecule has 2 heterocycles. The summed E-state index contributed by atoms with van der Waals surface area (Å²) in [5, 5.41) is 4.74. The Kier molecular flexibility index (Phi) is 5.54. The third-order valence-corrected chi connectivity index (χ3v) is 5.43. The van der Waals surface area contributed by atoms with Crippen LogP contribution in [0, 0.1) is 0 Å². The van der Waals surface area contributed by atoms with E-state index in [-0.39, 0.29) is 24.0 Å². The average molecular weight is 442 g/mol. The molecule has 1 amide bonds. The van der Waals surface area contributed by atoms with Gasteiger partial charge in [-0.1, -0.05) is 28.1 Å². The van der Waals surface area contributed by atoms with Gasteiger partial charge in [0.1, 0.15) is 6.54 Å². The summed E-state index contributed by atoms with van der Waals surface area (Å²) < 4.78 is 8.28. The molecule has 1 atom stereocenters. The molecule has 6 nitrogen and oxygen atoms in total.